The van der Waals surface area contributed by atoms with Gasteiger partial charge in [-0.1, -0.05) is 36.4 Å². The van der Waals surface area contributed by atoms with Crippen LogP contribution in [-0.4, -0.2) is 22.4 Å². The lowest BCUT2D eigenvalue weighted by molar-refractivity contribution is -0.137. The number of carbonyl (C=O) groups is 1. The summed E-state index contributed by atoms with van der Waals surface area (Å²) in [6, 6.07) is 13.8. The fraction of sp³-hybridized carbons (Fsp3) is 0.238. The first-order valence-corrected chi connectivity index (χ1v) is 9.07. The number of urea groups is 1. The van der Waals surface area contributed by atoms with Crippen LogP contribution in [0.5, 0.6) is 0 Å². The van der Waals surface area contributed by atoms with Crippen molar-refractivity contribution in [2.75, 3.05) is 11.9 Å². The van der Waals surface area contributed by atoms with Crippen LogP contribution < -0.4 is 10.6 Å². The molecule has 0 radical (unpaired) electrons. The van der Waals surface area contributed by atoms with E-state index >= 15 is 0 Å². The molecule has 2 aromatic carbocycles. The van der Waals surface area contributed by atoms with Gasteiger partial charge in [-0.2, -0.15) is 18.3 Å². The summed E-state index contributed by atoms with van der Waals surface area (Å²) in [6.07, 6.45) is -4.46. The average molecular weight is 402 g/mol. The maximum Gasteiger partial charge on any atom is 0.416 e. The summed E-state index contributed by atoms with van der Waals surface area (Å²) in [5.74, 6) is 0. The molecule has 0 spiro atoms. The first-order valence-electron chi connectivity index (χ1n) is 9.07. The summed E-state index contributed by atoms with van der Waals surface area (Å²) in [7, 11) is 0. The molecule has 3 aromatic rings. The van der Waals surface area contributed by atoms with E-state index < -0.39 is 17.8 Å². The van der Waals surface area contributed by atoms with Crippen LogP contribution in [0.3, 0.4) is 0 Å². The molecule has 0 saturated heterocycles. The fourth-order valence-corrected chi connectivity index (χ4v) is 3.16. The van der Waals surface area contributed by atoms with E-state index in [1.807, 2.05) is 48.9 Å². The molecule has 2 amide bonds. The molecule has 29 heavy (non-hydrogen) atoms. The van der Waals surface area contributed by atoms with Crippen molar-refractivity contribution in [1.29, 1.82) is 0 Å². The van der Waals surface area contributed by atoms with Gasteiger partial charge in [-0.3, -0.25) is 4.68 Å². The van der Waals surface area contributed by atoms with Gasteiger partial charge in [0.15, 0.2) is 0 Å². The summed E-state index contributed by atoms with van der Waals surface area (Å²) in [4.78, 5) is 12.0. The van der Waals surface area contributed by atoms with Crippen LogP contribution in [0.15, 0.2) is 54.6 Å². The Morgan fingerprint density at radius 1 is 1.07 bits per heavy atom. The van der Waals surface area contributed by atoms with Crippen molar-refractivity contribution in [3.8, 4) is 11.1 Å². The first-order chi connectivity index (χ1) is 13.8. The number of nitrogens with zero attached hydrogens (tertiary/aromatic N) is 2. The number of aryl methyl sites for hydroxylation is 1. The topological polar surface area (TPSA) is 59.0 Å². The number of aromatic nitrogens is 2. The van der Waals surface area contributed by atoms with Gasteiger partial charge in [0.05, 0.1) is 17.8 Å². The van der Waals surface area contributed by atoms with Crippen molar-refractivity contribution in [1.82, 2.24) is 15.1 Å². The Balaban J connectivity index is 1.59. The van der Waals surface area contributed by atoms with Crippen molar-refractivity contribution in [2.24, 2.45) is 0 Å². The van der Waals surface area contributed by atoms with E-state index in [1.165, 1.54) is 12.1 Å². The van der Waals surface area contributed by atoms with Gasteiger partial charge >= 0.3 is 12.2 Å². The number of anilines is 1. The van der Waals surface area contributed by atoms with Crippen molar-refractivity contribution >= 4 is 11.7 Å². The summed E-state index contributed by atoms with van der Waals surface area (Å²) in [5.41, 5.74) is 3.26. The zero-order valence-electron chi connectivity index (χ0n) is 16.0. The lowest BCUT2D eigenvalue weighted by atomic mass is 10.0. The molecule has 0 aliphatic rings. The number of rotatable bonds is 5. The van der Waals surface area contributed by atoms with Crippen LogP contribution in [0.25, 0.3) is 11.1 Å². The highest BCUT2D eigenvalue weighted by Crippen LogP contribution is 2.30. The normalized spacial score (nSPS) is 11.3. The Morgan fingerprint density at radius 3 is 2.48 bits per heavy atom. The second-order valence-corrected chi connectivity index (χ2v) is 6.59. The smallest absolute Gasteiger partial charge is 0.336 e. The average Bonchev–Trinajstić information content (AvgIpc) is 2.95. The van der Waals surface area contributed by atoms with E-state index in [9.17, 15) is 18.0 Å². The summed E-state index contributed by atoms with van der Waals surface area (Å²) < 4.78 is 40.1. The zero-order chi connectivity index (χ0) is 21.0. The fourth-order valence-electron chi connectivity index (χ4n) is 3.16. The van der Waals surface area contributed by atoms with Crippen molar-refractivity contribution < 1.29 is 18.0 Å². The van der Waals surface area contributed by atoms with E-state index in [4.69, 9.17) is 0 Å². The van der Waals surface area contributed by atoms with Crippen LogP contribution in [-0.2, 0) is 12.7 Å². The maximum absolute atomic E-state index is 12.8. The summed E-state index contributed by atoms with van der Waals surface area (Å²) >= 11 is 0. The van der Waals surface area contributed by atoms with Crippen molar-refractivity contribution in [3.63, 3.8) is 0 Å². The van der Waals surface area contributed by atoms with Gasteiger partial charge in [0.1, 0.15) is 0 Å². The first kappa shape index (κ1) is 20.4. The second-order valence-electron chi connectivity index (χ2n) is 6.59. The number of benzene rings is 2. The maximum atomic E-state index is 12.8. The molecule has 0 aliphatic carbocycles. The molecule has 0 aliphatic heterocycles. The van der Waals surface area contributed by atoms with Crippen molar-refractivity contribution in [2.45, 2.75) is 26.6 Å². The van der Waals surface area contributed by atoms with Gasteiger partial charge in [0.2, 0.25) is 0 Å². The minimum absolute atomic E-state index is 0.0785. The number of amides is 2. The molecule has 0 saturated carbocycles. The van der Waals surface area contributed by atoms with E-state index in [0.717, 1.165) is 34.6 Å². The SMILES string of the molecule is Cc1nn(CCNC(=O)Nc2cccc(C(F)(F)F)c2)c(C)c1-c1ccccc1. The third-order valence-electron chi connectivity index (χ3n) is 4.50. The Hall–Kier alpha value is -3.29. The monoisotopic (exact) mass is 402 g/mol. The van der Waals surface area contributed by atoms with Crippen molar-refractivity contribution in [3.05, 3.63) is 71.5 Å². The molecule has 1 heterocycles. The quantitative estimate of drug-likeness (QED) is 0.630. The van der Waals surface area contributed by atoms with Gasteiger partial charge in [-0.15, -0.1) is 0 Å². The minimum Gasteiger partial charge on any atom is -0.336 e. The number of alkyl halides is 3. The predicted molar refractivity (Wildman–Crippen MR) is 106 cm³/mol. The Labute approximate surface area is 166 Å². The number of halogens is 3. The third kappa shape index (κ3) is 4.96. The van der Waals surface area contributed by atoms with Gasteiger partial charge in [-0.05, 0) is 37.6 Å². The lowest BCUT2D eigenvalue weighted by Gasteiger charge is -2.11. The van der Waals surface area contributed by atoms with E-state index in [0.29, 0.717) is 6.54 Å². The van der Waals surface area contributed by atoms with Gasteiger partial charge in [0, 0.05) is 23.5 Å². The van der Waals surface area contributed by atoms with Crippen LogP contribution in [0.4, 0.5) is 23.7 Å². The van der Waals surface area contributed by atoms with Crippen LogP contribution in [0.2, 0.25) is 0 Å². The molecule has 3 rings (SSSR count). The zero-order valence-corrected chi connectivity index (χ0v) is 16.0. The molecule has 0 unspecified atom stereocenters. The lowest BCUT2D eigenvalue weighted by Crippen LogP contribution is -2.32. The highest BCUT2D eigenvalue weighted by molar-refractivity contribution is 5.89. The molecular formula is C21H21F3N4O. The van der Waals surface area contributed by atoms with Gasteiger partial charge in [-0.25, -0.2) is 4.79 Å². The Bertz CT molecular complexity index is 997. The molecule has 1 aromatic heterocycles. The molecule has 5 nitrogen and oxygen atoms in total. The van der Waals surface area contributed by atoms with Gasteiger partial charge in [0.25, 0.3) is 0 Å². The molecule has 0 fully saturated rings. The van der Waals surface area contributed by atoms with Crippen LogP contribution in [0.1, 0.15) is 17.0 Å². The molecular weight excluding hydrogens is 381 g/mol. The van der Waals surface area contributed by atoms with Crippen LogP contribution in [0, 0.1) is 13.8 Å². The van der Waals surface area contributed by atoms with Crippen LogP contribution >= 0.6 is 0 Å². The Kier molecular flexibility index (Phi) is 5.91. The molecule has 2 N–H and O–H groups in total. The Morgan fingerprint density at radius 2 is 1.79 bits per heavy atom. The highest BCUT2D eigenvalue weighted by Gasteiger charge is 2.30. The number of hydrogen-bond acceptors (Lipinski definition) is 2. The van der Waals surface area contributed by atoms with E-state index in [-0.39, 0.29) is 12.2 Å². The molecule has 152 valence electrons. The molecule has 8 heteroatoms. The minimum atomic E-state index is -4.46. The largest absolute Gasteiger partial charge is 0.416 e. The highest BCUT2D eigenvalue weighted by atomic mass is 19.4. The molecule has 0 bridgehead atoms. The predicted octanol–water partition coefficient (Wildman–Crippen LogP) is 5.01. The molecule has 0 atom stereocenters. The summed E-state index contributed by atoms with van der Waals surface area (Å²) in [6.45, 7) is 4.61. The summed E-state index contributed by atoms with van der Waals surface area (Å²) in [5, 5.41) is 9.59. The van der Waals surface area contributed by atoms with E-state index in [2.05, 4.69) is 15.7 Å². The second kappa shape index (κ2) is 8.38. The number of carbonyl (C=O) groups excluding carboxylic acids is 1. The van der Waals surface area contributed by atoms with E-state index in [1.54, 1.807) is 0 Å². The third-order valence-corrected chi connectivity index (χ3v) is 4.50. The standard InChI is InChI=1S/C21H21F3N4O/c1-14-19(16-7-4-3-5-8-16)15(2)28(27-14)12-11-25-20(29)26-18-10-6-9-17(13-18)21(22,23)24/h3-10,13H,11-12H2,1-2H3,(H2,25,26,29). The number of nitrogens with one attached hydrogen (secondary N) is 2. The van der Waals surface area contributed by atoms with Gasteiger partial charge < -0.3 is 10.6 Å². The number of hydrogen-bond donors (Lipinski definition) is 2.